The van der Waals surface area contributed by atoms with Gasteiger partial charge in [-0.2, -0.15) is 0 Å². The van der Waals surface area contributed by atoms with Crippen molar-refractivity contribution in [3.05, 3.63) is 24.3 Å². The summed E-state index contributed by atoms with van der Waals surface area (Å²) < 4.78 is 0. The van der Waals surface area contributed by atoms with Gasteiger partial charge in [-0.15, -0.1) is 0 Å². The van der Waals surface area contributed by atoms with Gasteiger partial charge in [0.1, 0.15) is 5.75 Å². The fourth-order valence-electron chi connectivity index (χ4n) is 3.77. The quantitative estimate of drug-likeness (QED) is 0.116. The molecule has 3 N–H and O–H groups in total. The lowest BCUT2D eigenvalue weighted by molar-refractivity contribution is 0.475. The van der Waals surface area contributed by atoms with Crippen molar-refractivity contribution >= 4 is 23.0 Å². The van der Waals surface area contributed by atoms with Gasteiger partial charge in [0.15, 0.2) is 5.11 Å². The van der Waals surface area contributed by atoms with Crippen molar-refractivity contribution in [2.75, 3.05) is 11.9 Å². The van der Waals surface area contributed by atoms with Crippen LogP contribution in [0.5, 0.6) is 5.75 Å². The number of hydrogen-bond donors (Lipinski definition) is 3. The van der Waals surface area contributed by atoms with Gasteiger partial charge in [0.25, 0.3) is 0 Å². The van der Waals surface area contributed by atoms with Crippen LogP contribution in [0.4, 0.5) is 5.69 Å². The molecule has 172 valence electrons. The van der Waals surface area contributed by atoms with E-state index in [4.69, 9.17) is 12.2 Å². The van der Waals surface area contributed by atoms with Crippen LogP contribution >= 0.6 is 12.2 Å². The van der Waals surface area contributed by atoms with E-state index in [1.165, 1.54) is 103 Å². The number of hydrogen-bond acceptors (Lipinski definition) is 2. The van der Waals surface area contributed by atoms with E-state index in [1.807, 2.05) is 12.1 Å². The Morgan fingerprint density at radius 1 is 0.667 bits per heavy atom. The SMILES string of the molecule is CCCCCCCCCCCCCCCCCCCNC(=S)Nc1ccc(O)cc1. The predicted octanol–water partition coefficient (Wildman–Crippen LogP) is 8.33. The summed E-state index contributed by atoms with van der Waals surface area (Å²) in [6.45, 7) is 3.21. The van der Waals surface area contributed by atoms with Crippen molar-refractivity contribution in [1.29, 1.82) is 0 Å². The van der Waals surface area contributed by atoms with Crippen LogP contribution in [0.1, 0.15) is 116 Å². The summed E-state index contributed by atoms with van der Waals surface area (Å²) in [5, 5.41) is 16.3. The Morgan fingerprint density at radius 2 is 1.07 bits per heavy atom. The molecule has 0 unspecified atom stereocenters. The molecule has 1 aromatic carbocycles. The van der Waals surface area contributed by atoms with E-state index in [0.29, 0.717) is 5.11 Å². The highest BCUT2D eigenvalue weighted by Crippen LogP contribution is 2.15. The molecule has 0 atom stereocenters. The molecule has 0 fully saturated rings. The van der Waals surface area contributed by atoms with Gasteiger partial charge in [-0.3, -0.25) is 0 Å². The minimum atomic E-state index is 0.267. The molecule has 0 radical (unpaired) electrons. The van der Waals surface area contributed by atoms with Crippen LogP contribution in [-0.2, 0) is 0 Å². The first-order valence-corrected chi connectivity index (χ1v) is 13.0. The maximum absolute atomic E-state index is 9.29. The van der Waals surface area contributed by atoms with Gasteiger partial charge >= 0.3 is 0 Å². The molecule has 0 aliphatic rings. The van der Waals surface area contributed by atoms with E-state index in [2.05, 4.69) is 17.6 Å². The van der Waals surface area contributed by atoms with Gasteiger partial charge < -0.3 is 15.7 Å². The van der Waals surface area contributed by atoms with Crippen molar-refractivity contribution in [2.45, 2.75) is 116 Å². The molecule has 30 heavy (non-hydrogen) atoms. The Kier molecular flexibility index (Phi) is 17.5. The average molecular weight is 435 g/mol. The van der Waals surface area contributed by atoms with Crippen molar-refractivity contribution in [2.24, 2.45) is 0 Å². The first-order valence-electron chi connectivity index (χ1n) is 12.6. The van der Waals surface area contributed by atoms with E-state index in [9.17, 15) is 5.11 Å². The summed E-state index contributed by atoms with van der Waals surface area (Å²) in [6, 6.07) is 6.95. The van der Waals surface area contributed by atoms with E-state index in [-0.39, 0.29) is 5.75 Å². The lowest BCUT2D eigenvalue weighted by atomic mass is 10.0. The summed E-state index contributed by atoms with van der Waals surface area (Å²) in [7, 11) is 0. The van der Waals surface area contributed by atoms with E-state index >= 15 is 0 Å². The van der Waals surface area contributed by atoms with Crippen molar-refractivity contribution in [1.82, 2.24) is 5.32 Å². The fourth-order valence-corrected chi connectivity index (χ4v) is 3.99. The van der Waals surface area contributed by atoms with E-state index < -0.39 is 0 Å². The third kappa shape index (κ3) is 16.5. The number of nitrogens with one attached hydrogen (secondary N) is 2. The largest absolute Gasteiger partial charge is 0.508 e. The molecule has 0 amide bonds. The molecular formula is C26H46N2OS. The van der Waals surface area contributed by atoms with Crippen LogP contribution in [0.2, 0.25) is 0 Å². The number of anilines is 1. The van der Waals surface area contributed by atoms with Gasteiger partial charge in [-0.25, -0.2) is 0 Å². The minimum Gasteiger partial charge on any atom is -0.508 e. The van der Waals surface area contributed by atoms with Gasteiger partial charge in [-0.05, 0) is 42.9 Å². The number of rotatable bonds is 19. The predicted molar refractivity (Wildman–Crippen MR) is 136 cm³/mol. The van der Waals surface area contributed by atoms with E-state index in [0.717, 1.165) is 18.7 Å². The number of phenolic OH excluding ortho intramolecular Hbond substituents is 1. The number of phenols is 1. The molecule has 0 aliphatic heterocycles. The summed E-state index contributed by atoms with van der Waals surface area (Å²) in [6.07, 6.45) is 23.7. The normalized spacial score (nSPS) is 10.8. The third-order valence-electron chi connectivity index (χ3n) is 5.69. The van der Waals surface area contributed by atoms with Gasteiger partial charge in [-0.1, -0.05) is 110 Å². The Bertz CT molecular complexity index is 518. The summed E-state index contributed by atoms with van der Waals surface area (Å²) >= 11 is 5.30. The second-order valence-corrected chi connectivity index (χ2v) is 8.99. The number of unbranched alkanes of at least 4 members (excludes halogenated alkanes) is 16. The van der Waals surface area contributed by atoms with Crippen molar-refractivity contribution < 1.29 is 5.11 Å². The Balaban J connectivity index is 1.76. The Morgan fingerprint density at radius 3 is 1.50 bits per heavy atom. The summed E-state index contributed by atoms with van der Waals surface area (Å²) in [4.78, 5) is 0. The van der Waals surface area contributed by atoms with Crippen LogP contribution in [0, 0.1) is 0 Å². The zero-order valence-electron chi connectivity index (χ0n) is 19.4. The topological polar surface area (TPSA) is 44.3 Å². The maximum atomic E-state index is 9.29. The highest BCUT2D eigenvalue weighted by atomic mass is 32.1. The molecule has 0 aliphatic carbocycles. The molecule has 0 saturated carbocycles. The molecule has 1 aromatic rings. The molecule has 1 rings (SSSR count). The van der Waals surface area contributed by atoms with Crippen LogP contribution in [0.15, 0.2) is 24.3 Å². The lowest BCUT2D eigenvalue weighted by Crippen LogP contribution is -2.29. The van der Waals surface area contributed by atoms with Crippen LogP contribution < -0.4 is 10.6 Å². The first-order chi connectivity index (χ1) is 14.7. The molecular weight excluding hydrogens is 388 g/mol. The highest BCUT2D eigenvalue weighted by Gasteiger charge is 1.98. The zero-order chi connectivity index (χ0) is 21.7. The Hall–Kier alpha value is -1.29. The average Bonchev–Trinajstić information content (AvgIpc) is 2.74. The van der Waals surface area contributed by atoms with Crippen LogP contribution in [0.3, 0.4) is 0 Å². The minimum absolute atomic E-state index is 0.267. The second kappa shape index (κ2) is 19.7. The molecule has 0 spiro atoms. The monoisotopic (exact) mass is 434 g/mol. The maximum Gasteiger partial charge on any atom is 0.170 e. The molecule has 0 aromatic heterocycles. The molecule has 4 heteroatoms. The van der Waals surface area contributed by atoms with Crippen LogP contribution in [0.25, 0.3) is 0 Å². The smallest absolute Gasteiger partial charge is 0.170 e. The van der Waals surface area contributed by atoms with Gasteiger partial charge in [0.05, 0.1) is 0 Å². The highest BCUT2D eigenvalue weighted by molar-refractivity contribution is 7.80. The lowest BCUT2D eigenvalue weighted by Gasteiger charge is -2.10. The third-order valence-corrected chi connectivity index (χ3v) is 5.94. The first kappa shape index (κ1) is 26.7. The number of thiocarbonyl (C=S) groups is 1. The standard InChI is InChI=1S/C26H46N2OS/c1-2-3-4-5-6-7-8-9-10-11-12-13-14-15-16-17-18-23-27-26(30)28-24-19-21-25(29)22-20-24/h19-22,29H,2-18,23H2,1H3,(H2,27,28,30). The molecule has 0 heterocycles. The molecule has 0 saturated heterocycles. The van der Waals surface area contributed by atoms with Crippen LogP contribution in [-0.4, -0.2) is 16.8 Å². The number of aromatic hydroxyl groups is 1. The summed E-state index contributed by atoms with van der Waals surface area (Å²) in [5.41, 5.74) is 0.896. The molecule has 3 nitrogen and oxygen atoms in total. The zero-order valence-corrected chi connectivity index (χ0v) is 20.2. The second-order valence-electron chi connectivity index (χ2n) is 8.58. The van der Waals surface area contributed by atoms with Gasteiger partial charge in [0, 0.05) is 12.2 Å². The molecule has 0 bridgehead atoms. The van der Waals surface area contributed by atoms with Crippen molar-refractivity contribution in [3.8, 4) is 5.75 Å². The fraction of sp³-hybridized carbons (Fsp3) is 0.731. The summed E-state index contributed by atoms with van der Waals surface area (Å²) in [5.74, 6) is 0.267. The van der Waals surface area contributed by atoms with E-state index in [1.54, 1.807) is 12.1 Å². The Labute approximate surface area is 191 Å². The number of benzene rings is 1. The van der Waals surface area contributed by atoms with Gasteiger partial charge in [0.2, 0.25) is 0 Å². The van der Waals surface area contributed by atoms with Crippen molar-refractivity contribution in [3.63, 3.8) is 0 Å².